The molecule has 0 aliphatic carbocycles. The van der Waals surface area contributed by atoms with E-state index >= 15 is 0 Å². The van der Waals surface area contributed by atoms with E-state index in [0.29, 0.717) is 29.7 Å². The standard InChI is InChI=1S/C15H23N3O2S/c1-12-4-5-14(10-15(12)16)21(19,20)18-9-6-13(11-18)17-7-2-3-8-17/h4-5,10,13H,2-3,6-9,11,16H2,1H3. The lowest BCUT2D eigenvalue weighted by atomic mass is 10.2. The van der Waals surface area contributed by atoms with E-state index in [0.717, 1.165) is 25.1 Å². The van der Waals surface area contributed by atoms with Crippen LogP contribution in [0.5, 0.6) is 0 Å². The molecule has 1 aromatic rings. The van der Waals surface area contributed by atoms with E-state index in [1.807, 2.05) is 6.92 Å². The fourth-order valence-electron chi connectivity index (χ4n) is 3.26. The van der Waals surface area contributed by atoms with Crippen LogP contribution in [0, 0.1) is 6.92 Å². The first-order valence-electron chi connectivity index (χ1n) is 7.59. The van der Waals surface area contributed by atoms with Gasteiger partial charge in [0.2, 0.25) is 10.0 Å². The molecule has 5 nitrogen and oxygen atoms in total. The molecule has 0 saturated carbocycles. The molecular formula is C15H23N3O2S. The molecule has 2 aliphatic heterocycles. The number of likely N-dealkylation sites (tertiary alicyclic amines) is 1. The highest BCUT2D eigenvalue weighted by Gasteiger charge is 2.35. The van der Waals surface area contributed by atoms with Crippen molar-refractivity contribution in [1.29, 1.82) is 0 Å². The highest BCUT2D eigenvalue weighted by atomic mass is 32.2. The Bertz CT molecular complexity index is 624. The van der Waals surface area contributed by atoms with E-state index < -0.39 is 10.0 Å². The summed E-state index contributed by atoms with van der Waals surface area (Å²) >= 11 is 0. The summed E-state index contributed by atoms with van der Waals surface area (Å²) < 4.78 is 27.0. The van der Waals surface area contributed by atoms with Crippen molar-refractivity contribution in [3.63, 3.8) is 0 Å². The van der Waals surface area contributed by atoms with Crippen molar-refractivity contribution >= 4 is 15.7 Å². The van der Waals surface area contributed by atoms with E-state index in [1.165, 1.54) is 12.8 Å². The molecule has 1 aromatic carbocycles. The van der Waals surface area contributed by atoms with Crippen molar-refractivity contribution in [2.24, 2.45) is 0 Å². The third-order valence-corrected chi connectivity index (χ3v) is 6.53. The van der Waals surface area contributed by atoms with Crippen LogP contribution in [0.4, 0.5) is 5.69 Å². The number of nitrogens with two attached hydrogens (primary N) is 1. The third kappa shape index (κ3) is 2.80. The Morgan fingerprint density at radius 3 is 2.57 bits per heavy atom. The number of hydrogen-bond acceptors (Lipinski definition) is 4. The monoisotopic (exact) mass is 309 g/mol. The molecule has 2 fully saturated rings. The van der Waals surface area contributed by atoms with Gasteiger partial charge < -0.3 is 5.73 Å². The largest absolute Gasteiger partial charge is 0.398 e. The number of hydrogen-bond donors (Lipinski definition) is 1. The Morgan fingerprint density at radius 1 is 1.19 bits per heavy atom. The molecule has 116 valence electrons. The fourth-order valence-corrected chi connectivity index (χ4v) is 4.79. The van der Waals surface area contributed by atoms with Gasteiger partial charge in [0.1, 0.15) is 0 Å². The first kappa shape index (κ1) is 14.8. The maximum atomic E-state index is 12.7. The number of rotatable bonds is 3. The summed E-state index contributed by atoms with van der Waals surface area (Å²) in [6, 6.07) is 5.39. The Hall–Kier alpha value is -1.11. The molecule has 21 heavy (non-hydrogen) atoms. The van der Waals surface area contributed by atoms with E-state index in [9.17, 15) is 8.42 Å². The smallest absolute Gasteiger partial charge is 0.243 e. The number of aryl methyl sites for hydroxylation is 1. The van der Waals surface area contributed by atoms with Gasteiger partial charge >= 0.3 is 0 Å². The van der Waals surface area contributed by atoms with Crippen LogP contribution in [0.15, 0.2) is 23.1 Å². The molecule has 0 radical (unpaired) electrons. The van der Waals surface area contributed by atoms with Gasteiger partial charge in [0, 0.05) is 24.8 Å². The number of nitrogens with zero attached hydrogens (tertiary/aromatic N) is 2. The van der Waals surface area contributed by atoms with Crippen LogP contribution in [-0.2, 0) is 10.0 Å². The van der Waals surface area contributed by atoms with Crippen molar-refractivity contribution in [3.05, 3.63) is 23.8 Å². The summed E-state index contributed by atoms with van der Waals surface area (Å²) in [7, 11) is -3.41. The molecule has 0 aromatic heterocycles. The highest BCUT2D eigenvalue weighted by Crippen LogP contribution is 2.27. The van der Waals surface area contributed by atoms with Crippen LogP contribution >= 0.6 is 0 Å². The van der Waals surface area contributed by atoms with Crippen LogP contribution in [0.25, 0.3) is 0 Å². The number of benzene rings is 1. The molecule has 0 spiro atoms. The second kappa shape index (κ2) is 5.59. The van der Waals surface area contributed by atoms with Crippen LogP contribution in [-0.4, -0.2) is 49.8 Å². The number of anilines is 1. The third-order valence-electron chi connectivity index (χ3n) is 4.67. The van der Waals surface area contributed by atoms with Crippen LogP contribution in [0.3, 0.4) is 0 Å². The second-order valence-electron chi connectivity index (χ2n) is 6.07. The summed E-state index contributed by atoms with van der Waals surface area (Å²) in [5.41, 5.74) is 7.29. The average molecular weight is 309 g/mol. The van der Waals surface area contributed by atoms with Gasteiger partial charge in [0.25, 0.3) is 0 Å². The quantitative estimate of drug-likeness (QED) is 0.858. The molecule has 3 rings (SSSR count). The first-order chi connectivity index (χ1) is 9.98. The van der Waals surface area contributed by atoms with Gasteiger partial charge in [-0.2, -0.15) is 4.31 Å². The van der Waals surface area contributed by atoms with Crippen molar-refractivity contribution in [2.45, 2.75) is 37.1 Å². The second-order valence-corrected chi connectivity index (χ2v) is 8.00. The summed E-state index contributed by atoms with van der Waals surface area (Å²) in [6.45, 7) is 5.31. The molecule has 2 saturated heterocycles. The Kier molecular flexibility index (Phi) is 3.94. The zero-order valence-electron chi connectivity index (χ0n) is 12.5. The van der Waals surface area contributed by atoms with Crippen LogP contribution < -0.4 is 5.73 Å². The minimum atomic E-state index is -3.41. The Labute approximate surface area is 126 Å². The van der Waals surface area contributed by atoms with Crippen molar-refractivity contribution in [3.8, 4) is 0 Å². The molecule has 1 atom stereocenters. The van der Waals surface area contributed by atoms with E-state index in [2.05, 4.69) is 4.90 Å². The predicted octanol–water partition coefficient (Wildman–Crippen LogP) is 1.44. The van der Waals surface area contributed by atoms with Gasteiger partial charge in [0.15, 0.2) is 0 Å². The topological polar surface area (TPSA) is 66.6 Å². The van der Waals surface area contributed by atoms with Gasteiger partial charge in [-0.1, -0.05) is 6.07 Å². The van der Waals surface area contributed by atoms with Gasteiger partial charge in [-0.15, -0.1) is 0 Å². The van der Waals surface area contributed by atoms with Crippen molar-refractivity contribution < 1.29 is 8.42 Å². The van der Waals surface area contributed by atoms with Gasteiger partial charge in [-0.3, -0.25) is 4.90 Å². The Balaban J connectivity index is 1.77. The van der Waals surface area contributed by atoms with Crippen LogP contribution in [0.1, 0.15) is 24.8 Å². The average Bonchev–Trinajstić information content (AvgIpc) is 3.11. The normalized spacial score (nSPS) is 24.7. The molecule has 1 unspecified atom stereocenters. The molecule has 0 bridgehead atoms. The summed E-state index contributed by atoms with van der Waals surface area (Å²) in [4.78, 5) is 2.74. The molecule has 2 aliphatic rings. The van der Waals surface area contributed by atoms with E-state index in [-0.39, 0.29) is 0 Å². The molecule has 0 amide bonds. The summed E-state index contributed by atoms with van der Waals surface area (Å²) in [6.07, 6.45) is 3.40. The summed E-state index contributed by atoms with van der Waals surface area (Å²) in [5, 5.41) is 0. The van der Waals surface area contributed by atoms with E-state index in [1.54, 1.807) is 22.5 Å². The van der Waals surface area contributed by atoms with Crippen molar-refractivity contribution in [2.75, 3.05) is 31.9 Å². The fraction of sp³-hybridized carbons (Fsp3) is 0.600. The molecule has 6 heteroatoms. The molecule has 2 N–H and O–H groups in total. The minimum absolute atomic E-state index is 0.313. The first-order valence-corrected chi connectivity index (χ1v) is 9.03. The predicted molar refractivity (Wildman–Crippen MR) is 83.6 cm³/mol. The lowest BCUT2D eigenvalue weighted by Gasteiger charge is -2.23. The highest BCUT2D eigenvalue weighted by molar-refractivity contribution is 7.89. The van der Waals surface area contributed by atoms with Crippen molar-refractivity contribution in [1.82, 2.24) is 9.21 Å². The van der Waals surface area contributed by atoms with Crippen LogP contribution in [0.2, 0.25) is 0 Å². The molecular weight excluding hydrogens is 286 g/mol. The molecule has 2 heterocycles. The maximum Gasteiger partial charge on any atom is 0.243 e. The Morgan fingerprint density at radius 2 is 1.90 bits per heavy atom. The minimum Gasteiger partial charge on any atom is -0.398 e. The number of nitrogen functional groups attached to an aromatic ring is 1. The zero-order chi connectivity index (χ0) is 15.0. The lowest BCUT2D eigenvalue weighted by molar-refractivity contribution is 0.251. The van der Waals surface area contributed by atoms with Gasteiger partial charge in [-0.25, -0.2) is 8.42 Å². The summed E-state index contributed by atoms with van der Waals surface area (Å²) in [5.74, 6) is 0. The maximum absolute atomic E-state index is 12.7. The SMILES string of the molecule is Cc1ccc(S(=O)(=O)N2CCC(N3CCCC3)C2)cc1N. The van der Waals surface area contributed by atoms with Gasteiger partial charge in [0.05, 0.1) is 4.90 Å². The lowest BCUT2D eigenvalue weighted by Crippen LogP contribution is -2.37. The number of sulfonamides is 1. The van der Waals surface area contributed by atoms with E-state index in [4.69, 9.17) is 5.73 Å². The zero-order valence-corrected chi connectivity index (χ0v) is 13.3. The van der Waals surface area contributed by atoms with Gasteiger partial charge in [-0.05, 0) is 57.0 Å².